The van der Waals surface area contributed by atoms with Gasteiger partial charge in [-0.1, -0.05) is 65.2 Å². The summed E-state index contributed by atoms with van der Waals surface area (Å²) in [6.45, 7) is 18.9. The van der Waals surface area contributed by atoms with E-state index in [2.05, 4.69) is 88.9 Å². The second-order valence-corrected chi connectivity index (χ2v) is 17.2. The average molecular weight is 627 g/mol. The maximum atomic E-state index is 13.4. The second kappa shape index (κ2) is 11.0. The molecule has 0 amide bonds. The number of nitrogens with zero attached hydrogens (tertiary/aromatic N) is 5. The van der Waals surface area contributed by atoms with E-state index in [-0.39, 0.29) is 45.2 Å². The maximum absolute atomic E-state index is 13.4. The number of allylic oxidation sites excluding steroid dienone is 1. The van der Waals surface area contributed by atoms with Gasteiger partial charge in [-0.15, -0.1) is 5.10 Å². The Bertz CT molecular complexity index is 1330. The van der Waals surface area contributed by atoms with Gasteiger partial charge in [-0.05, 0) is 97.8 Å². The molecule has 11 atom stereocenters. The van der Waals surface area contributed by atoms with Gasteiger partial charge in [-0.3, -0.25) is 4.79 Å². The largest absolute Gasteiger partial charge is 0.481 e. The lowest BCUT2D eigenvalue weighted by Gasteiger charge is -2.71. The predicted octanol–water partition coefficient (Wildman–Crippen LogP) is 5.33. The van der Waals surface area contributed by atoms with Crippen molar-refractivity contribution >= 4 is 11.9 Å². The highest BCUT2D eigenvalue weighted by atomic mass is 16.5. The minimum atomic E-state index is -0.624. The van der Waals surface area contributed by atoms with Gasteiger partial charge in [0.1, 0.15) is 6.04 Å². The molecule has 3 saturated carbocycles. The van der Waals surface area contributed by atoms with Crippen molar-refractivity contribution in [3.8, 4) is 0 Å². The molecule has 6 rings (SSSR count). The molecule has 0 radical (unpaired) electrons. The third-order valence-corrected chi connectivity index (χ3v) is 14.7. The van der Waals surface area contributed by atoms with E-state index in [1.807, 2.05) is 0 Å². The monoisotopic (exact) mass is 626 g/mol. The summed E-state index contributed by atoms with van der Waals surface area (Å²) in [5.41, 5.74) is 6.35. The summed E-state index contributed by atoms with van der Waals surface area (Å²) in [6.07, 6.45) is 8.07. The van der Waals surface area contributed by atoms with Crippen LogP contribution >= 0.6 is 0 Å². The highest BCUT2D eigenvalue weighted by Crippen LogP contribution is 2.75. The van der Waals surface area contributed by atoms with Crippen molar-refractivity contribution in [2.75, 3.05) is 46.2 Å². The number of carboxylic acid groups (broad SMARTS) is 1. The van der Waals surface area contributed by atoms with Crippen LogP contribution in [0, 0.1) is 56.7 Å². The van der Waals surface area contributed by atoms with Gasteiger partial charge in [0.05, 0.1) is 31.8 Å². The Kier molecular flexibility index (Phi) is 8.05. The number of hydrogen-bond donors (Lipinski definition) is 2. The minimum Gasteiger partial charge on any atom is -0.481 e. The van der Waals surface area contributed by atoms with Gasteiger partial charge in [0.25, 0.3) is 5.95 Å². The third kappa shape index (κ3) is 4.58. The van der Waals surface area contributed by atoms with E-state index >= 15 is 0 Å². The first kappa shape index (κ1) is 32.9. The van der Waals surface area contributed by atoms with Gasteiger partial charge in [0.15, 0.2) is 0 Å². The number of likely N-dealkylation sites (N-methyl/N-ethyl adjacent to an activating group) is 1. The fourth-order valence-electron chi connectivity index (χ4n) is 11.9. The molecule has 252 valence electrons. The fraction of sp³-hybridized carbons (Fsp3) is 0.886. The molecule has 0 spiro atoms. The zero-order valence-corrected chi connectivity index (χ0v) is 29.2. The number of tetrazole rings is 1. The van der Waals surface area contributed by atoms with E-state index < -0.39 is 11.9 Å². The topological polar surface area (TPSA) is 129 Å². The lowest BCUT2D eigenvalue weighted by atomic mass is 9.34. The maximum Gasteiger partial charge on any atom is 0.307 e. The van der Waals surface area contributed by atoms with Crippen LogP contribution in [0.3, 0.4) is 0 Å². The Balaban J connectivity index is 1.44. The molecule has 1 aromatic heterocycles. The number of fused-ring (bicyclic) bond motifs is 3. The number of aromatic nitrogens is 4. The molecule has 1 aromatic rings. The lowest BCUT2D eigenvalue weighted by molar-refractivity contribution is -0.251. The first-order valence-electron chi connectivity index (χ1n) is 17.4. The predicted molar refractivity (Wildman–Crippen MR) is 173 cm³/mol. The summed E-state index contributed by atoms with van der Waals surface area (Å²) in [5.74, 6) is 0.589. The van der Waals surface area contributed by atoms with Gasteiger partial charge in [-0.2, -0.15) is 4.80 Å². The van der Waals surface area contributed by atoms with E-state index in [9.17, 15) is 9.90 Å². The van der Waals surface area contributed by atoms with E-state index in [1.165, 1.54) is 5.57 Å². The van der Waals surface area contributed by atoms with Crippen LogP contribution in [-0.4, -0.2) is 82.7 Å². The normalized spacial score (nSPS) is 45.0. The Morgan fingerprint density at radius 3 is 2.51 bits per heavy atom. The number of nitrogen functional groups attached to an aromatic ring is 1. The molecule has 1 aliphatic heterocycles. The quantitative estimate of drug-likeness (QED) is 0.368. The number of aliphatic carboxylic acids is 1. The van der Waals surface area contributed by atoms with Crippen LogP contribution in [0.25, 0.3) is 0 Å². The molecule has 0 unspecified atom stereocenters. The highest BCUT2D eigenvalue weighted by molar-refractivity contribution is 5.73. The first-order valence-corrected chi connectivity index (χ1v) is 17.4. The van der Waals surface area contributed by atoms with Crippen molar-refractivity contribution in [1.29, 1.82) is 0 Å². The zero-order chi connectivity index (χ0) is 32.7. The zero-order valence-electron chi connectivity index (χ0n) is 29.2. The van der Waals surface area contributed by atoms with Crippen LogP contribution in [0.2, 0.25) is 0 Å². The van der Waals surface area contributed by atoms with Crippen molar-refractivity contribution in [2.24, 2.45) is 56.7 Å². The average Bonchev–Trinajstić information content (AvgIpc) is 3.39. The lowest BCUT2D eigenvalue weighted by Crippen LogP contribution is -2.69. The van der Waals surface area contributed by atoms with Gasteiger partial charge in [-0.25, -0.2) is 0 Å². The molecule has 10 nitrogen and oxygen atoms in total. The van der Waals surface area contributed by atoms with E-state index in [1.54, 1.807) is 4.80 Å². The summed E-state index contributed by atoms with van der Waals surface area (Å²) < 4.78 is 13.4. The Labute approximate surface area is 269 Å². The molecule has 45 heavy (non-hydrogen) atoms. The summed E-state index contributed by atoms with van der Waals surface area (Å²) in [7, 11) is 4.13. The number of anilines is 1. The van der Waals surface area contributed by atoms with E-state index in [4.69, 9.17) is 15.2 Å². The molecular formula is C35H58N6O4. The van der Waals surface area contributed by atoms with Gasteiger partial charge in [0, 0.05) is 17.4 Å². The number of rotatable bonds is 8. The van der Waals surface area contributed by atoms with Crippen LogP contribution in [0.15, 0.2) is 11.6 Å². The molecule has 4 fully saturated rings. The molecule has 3 N–H and O–H groups in total. The Hall–Kier alpha value is -2.04. The summed E-state index contributed by atoms with van der Waals surface area (Å²) in [6, 6.07) is -0.129. The number of carboxylic acids is 1. The van der Waals surface area contributed by atoms with Crippen molar-refractivity contribution in [2.45, 2.75) is 99.1 Å². The van der Waals surface area contributed by atoms with Crippen molar-refractivity contribution in [3.05, 3.63) is 11.6 Å². The SMILES string of the molecule is CC(C)[C@@H](C)[C@@]1(C)CC[C@]2(C)[C@H]3CC[C@@H]4[C@@]5(COC[C@@]4(C)[C@@H](OCCN(C)C)[C@H](n4nnc(N)n4)C5)C3=CC[C@@]2(C)[C@@H]1C(=O)O. The summed E-state index contributed by atoms with van der Waals surface area (Å²) >= 11 is 0. The fourth-order valence-corrected chi connectivity index (χ4v) is 11.9. The molecule has 2 bridgehead atoms. The summed E-state index contributed by atoms with van der Waals surface area (Å²) in [4.78, 5) is 17.2. The summed E-state index contributed by atoms with van der Waals surface area (Å²) in [5, 5.41) is 24.0. The number of hydrogen-bond acceptors (Lipinski definition) is 8. The number of carbonyl (C=O) groups is 1. The smallest absolute Gasteiger partial charge is 0.307 e. The van der Waals surface area contributed by atoms with Crippen LogP contribution in [0.4, 0.5) is 5.95 Å². The van der Waals surface area contributed by atoms with Crippen molar-refractivity contribution < 1.29 is 19.4 Å². The minimum absolute atomic E-state index is 0.129. The molecule has 1 saturated heterocycles. The molecule has 4 aliphatic carbocycles. The highest BCUT2D eigenvalue weighted by Gasteiger charge is 2.72. The van der Waals surface area contributed by atoms with Crippen LogP contribution in [-0.2, 0) is 14.3 Å². The second-order valence-electron chi connectivity index (χ2n) is 17.2. The van der Waals surface area contributed by atoms with Crippen LogP contribution in [0.5, 0.6) is 0 Å². The van der Waals surface area contributed by atoms with E-state index in [0.29, 0.717) is 43.5 Å². The molecule has 0 aromatic carbocycles. The Morgan fingerprint density at radius 1 is 1.16 bits per heavy atom. The van der Waals surface area contributed by atoms with E-state index in [0.717, 1.165) is 45.1 Å². The van der Waals surface area contributed by atoms with Gasteiger partial charge < -0.3 is 25.2 Å². The van der Waals surface area contributed by atoms with Gasteiger partial charge >= 0.3 is 5.97 Å². The molecule has 2 heterocycles. The molecule has 5 aliphatic rings. The molecule has 10 heteroatoms. The van der Waals surface area contributed by atoms with Crippen LogP contribution < -0.4 is 5.73 Å². The number of ether oxygens (including phenoxy) is 2. The first-order chi connectivity index (χ1) is 21.0. The van der Waals surface area contributed by atoms with Crippen molar-refractivity contribution in [3.63, 3.8) is 0 Å². The third-order valence-electron chi connectivity index (χ3n) is 14.7. The Morgan fingerprint density at radius 2 is 1.89 bits per heavy atom. The molecular weight excluding hydrogens is 568 g/mol. The van der Waals surface area contributed by atoms with Gasteiger partial charge in [0.2, 0.25) is 0 Å². The standard InChI is InChI=1S/C35H58N6O4/c1-21(2)22(3)31(4)14-15-33(6)23-10-11-26-32(5)19-44-20-35(26,24(23)12-13-34(33,7)27(31)29(42)43)18-25(41-38-30(36)37-39-41)28(32)45-17-16-40(8)9/h12,21-23,25-28H,10-11,13-20H2,1-9H3,(H2,36,38)(H,42,43)/t22-,23+,25-,26+,27-,28+,31-,32-,33-,34+,35+/m1/s1. The number of nitrogens with two attached hydrogens (primary N) is 1. The van der Waals surface area contributed by atoms with Crippen LogP contribution in [0.1, 0.15) is 93.0 Å². The van der Waals surface area contributed by atoms with Crippen molar-refractivity contribution in [1.82, 2.24) is 25.1 Å².